The van der Waals surface area contributed by atoms with Crippen molar-refractivity contribution in [2.75, 3.05) is 13.1 Å². The second-order valence-corrected chi connectivity index (χ2v) is 6.34. The zero-order valence-corrected chi connectivity index (χ0v) is 15.4. The molecule has 1 atom stereocenters. The lowest BCUT2D eigenvalue weighted by molar-refractivity contribution is -0.137. The maximum Gasteiger partial charge on any atom is 0.335 e. The molecule has 0 aliphatic heterocycles. The van der Waals surface area contributed by atoms with Crippen molar-refractivity contribution in [3.05, 3.63) is 71.3 Å². The molecular formula is C21H24N2O5. The standard InChI is InChI=1S/C21H24N2O5/c24-19(25)11-13-23-20(26)18(14-15-6-2-1-3-7-15)22-12-10-16-8-4-5-9-17(16)21(27)28/h1-9,18,22H,10-14H2,(H,23,26)(H,24,25)(H,27,28)/t18-/m0/s1. The number of aromatic carboxylic acids is 1. The monoisotopic (exact) mass is 384 g/mol. The fraction of sp³-hybridized carbons (Fsp3) is 0.286. The minimum atomic E-state index is -0.983. The number of carboxylic acids is 2. The zero-order chi connectivity index (χ0) is 20.4. The predicted molar refractivity (Wildman–Crippen MR) is 104 cm³/mol. The summed E-state index contributed by atoms with van der Waals surface area (Å²) >= 11 is 0. The van der Waals surface area contributed by atoms with Crippen LogP contribution in [0.2, 0.25) is 0 Å². The SMILES string of the molecule is O=C(O)CCNC(=O)[C@H](Cc1ccccc1)NCCc1ccccc1C(=O)O. The van der Waals surface area contributed by atoms with Crippen molar-refractivity contribution in [1.29, 1.82) is 0 Å². The molecule has 2 aromatic carbocycles. The van der Waals surface area contributed by atoms with E-state index in [2.05, 4.69) is 10.6 Å². The Bertz CT molecular complexity index is 807. The fourth-order valence-corrected chi connectivity index (χ4v) is 2.85. The number of rotatable bonds is 11. The van der Waals surface area contributed by atoms with E-state index in [1.54, 1.807) is 24.3 Å². The van der Waals surface area contributed by atoms with Crippen molar-refractivity contribution in [2.45, 2.75) is 25.3 Å². The van der Waals surface area contributed by atoms with E-state index in [4.69, 9.17) is 5.11 Å². The summed E-state index contributed by atoms with van der Waals surface area (Å²) in [7, 11) is 0. The molecule has 0 aliphatic rings. The average molecular weight is 384 g/mol. The number of amides is 1. The molecular weight excluding hydrogens is 360 g/mol. The largest absolute Gasteiger partial charge is 0.481 e. The Morgan fingerprint density at radius 3 is 2.25 bits per heavy atom. The lowest BCUT2D eigenvalue weighted by atomic mass is 10.0. The third kappa shape index (κ3) is 6.85. The first kappa shape index (κ1) is 21.1. The van der Waals surface area contributed by atoms with Gasteiger partial charge >= 0.3 is 11.9 Å². The lowest BCUT2D eigenvalue weighted by Gasteiger charge is -2.19. The molecule has 0 saturated heterocycles. The number of nitrogens with one attached hydrogen (secondary N) is 2. The zero-order valence-electron chi connectivity index (χ0n) is 15.4. The van der Waals surface area contributed by atoms with Crippen LogP contribution in [0.3, 0.4) is 0 Å². The van der Waals surface area contributed by atoms with E-state index in [0.717, 1.165) is 5.56 Å². The molecule has 28 heavy (non-hydrogen) atoms. The first-order chi connectivity index (χ1) is 13.5. The van der Waals surface area contributed by atoms with Crippen LogP contribution in [0.15, 0.2) is 54.6 Å². The molecule has 0 bridgehead atoms. The summed E-state index contributed by atoms with van der Waals surface area (Å²) in [4.78, 5) is 34.4. The molecule has 2 aromatic rings. The summed E-state index contributed by atoms with van der Waals surface area (Å²) in [6, 6.07) is 15.7. The molecule has 1 amide bonds. The number of carboxylic acid groups (broad SMARTS) is 2. The lowest BCUT2D eigenvalue weighted by Crippen LogP contribution is -2.46. The van der Waals surface area contributed by atoms with Gasteiger partial charge in [0.05, 0.1) is 18.0 Å². The summed E-state index contributed by atoms with van der Waals surface area (Å²) in [6.45, 7) is 0.469. The van der Waals surface area contributed by atoms with Crippen LogP contribution in [0.1, 0.15) is 27.9 Å². The van der Waals surface area contributed by atoms with E-state index in [1.807, 2.05) is 30.3 Å². The molecule has 4 N–H and O–H groups in total. The Balaban J connectivity index is 1.99. The molecule has 0 radical (unpaired) electrons. The number of hydrogen-bond acceptors (Lipinski definition) is 4. The van der Waals surface area contributed by atoms with Gasteiger partial charge in [-0.25, -0.2) is 4.79 Å². The van der Waals surface area contributed by atoms with Crippen LogP contribution in [-0.2, 0) is 22.4 Å². The van der Waals surface area contributed by atoms with E-state index in [0.29, 0.717) is 24.9 Å². The maximum absolute atomic E-state index is 12.5. The first-order valence-corrected chi connectivity index (χ1v) is 9.05. The highest BCUT2D eigenvalue weighted by Crippen LogP contribution is 2.10. The van der Waals surface area contributed by atoms with E-state index in [9.17, 15) is 19.5 Å². The number of carbonyl (C=O) groups is 3. The molecule has 7 heteroatoms. The fourth-order valence-electron chi connectivity index (χ4n) is 2.85. The number of aliphatic carboxylic acids is 1. The van der Waals surface area contributed by atoms with Gasteiger partial charge in [0.15, 0.2) is 0 Å². The second-order valence-electron chi connectivity index (χ2n) is 6.34. The summed E-state index contributed by atoms with van der Waals surface area (Å²) < 4.78 is 0. The van der Waals surface area contributed by atoms with Gasteiger partial charge in [-0.1, -0.05) is 48.5 Å². The molecule has 148 valence electrons. The van der Waals surface area contributed by atoms with Gasteiger partial charge < -0.3 is 20.8 Å². The highest BCUT2D eigenvalue weighted by Gasteiger charge is 2.19. The van der Waals surface area contributed by atoms with Crippen molar-refractivity contribution in [3.63, 3.8) is 0 Å². The van der Waals surface area contributed by atoms with Gasteiger partial charge in [0.2, 0.25) is 5.91 Å². The molecule has 0 aliphatic carbocycles. The van der Waals surface area contributed by atoms with Crippen molar-refractivity contribution in [1.82, 2.24) is 10.6 Å². The Kier molecular flexibility index (Phi) is 8.17. The minimum absolute atomic E-state index is 0.0585. The van der Waals surface area contributed by atoms with E-state index in [-0.39, 0.29) is 24.4 Å². The second kappa shape index (κ2) is 10.8. The van der Waals surface area contributed by atoms with Gasteiger partial charge in [0, 0.05) is 6.54 Å². The number of hydrogen-bond donors (Lipinski definition) is 4. The van der Waals surface area contributed by atoms with Gasteiger partial charge in [0.1, 0.15) is 0 Å². The number of carbonyl (C=O) groups excluding carboxylic acids is 1. The van der Waals surface area contributed by atoms with Crippen LogP contribution in [0, 0.1) is 0 Å². The molecule has 2 rings (SSSR count). The molecule has 0 aromatic heterocycles. The summed E-state index contributed by atoms with van der Waals surface area (Å²) in [5.74, 6) is -2.24. The molecule has 0 fully saturated rings. The van der Waals surface area contributed by atoms with Crippen molar-refractivity contribution < 1.29 is 24.6 Å². The minimum Gasteiger partial charge on any atom is -0.481 e. The first-order valence-electron chi connectivity index (χ1n) is 9.05. The van der Waals surface area contributed by atoms with Crippen molar-refractivity contribution in [2.24, 2.45) is 0 Å². The Morgan fingerprint density at radius 1 is 0.893 bits per heavy atom. The summed E-state index contributed by atoms with van der Waals surface area (Å²) in [5.41, 5.74) is 1.90. The topological polar surface area (TPSA) is 116 Å². The van der Waals surface area contributed by atoms with Gasteiger partial charge in [0.25, 0.3) is 0 Å². The van der Waals surface area contributed by atoms with Crippen molar-refractivity contribution in [3.8, 4) is 0 Å². The van der Waals surface area contributed by atoms with Crippen LogP contribution in [0.5, 0.6) is 0 Å². The normalized spacial score (nSPS) is 11.6. The quantitative estimate of drug-likeness (QED) is 0.469. The Hall–Kier alpha value is -3.19. The average Bonchev–Trinajstić information content (AvgIpc) is 2.68. The van der Waals surface area contributed by atoms with Gasteiger partial charge in [-0.3, -0.25) is 9.59 Å². The molecule has 0 unspecified atom stereocenters. The smallest absolute Gasteiger partial charge is 0.335 e. The summed E-state index contributed by atoms with van der Waals surface area (Å²) in [5, 5.41) is 23.8. The van der Waals surface area contributed by atoms with E-state index < -0.39 is 18.0 Å². The molecule has 0 spiro atoms. The van der Waals surface area contributed by atoms with Gasteiger partial charge in [-0.05, 0) is 36.6 Å². The van der Waals surface area contributed by atoms with Crippen LogP contribution in [0.4, 0.5) is 0 Å². The van der Waals surface area contributed by atoms with Crippen LogP contribution >= 0.6 is 0 Å². The Labute approximate surface area is 163 Å². The van der Waals surface area contributed by atoms with Crippen LogP contribution in [0.25, 0.3) is 0 Å². The van der Waals surface area contributed by atoms with E-state index in [1.165, 1.54) is 0 Å². The molecule has 0 saturated carbocycles. The van der Waals surface area contributed by atoms with Gasteiger partial charge in [-0.15, -0.1) is 0 Å². The Morgan fingerprint density at radius 2 is 1.57 bits per heavy atom. The predicted octanol–water partition coefficient (Wildman–Crippen LogP) is 1.72. The van der Waals surface area contributed by atoms with Crippen molar-refractivity contribution >= 4 is 17.8 Å². The molecule has 7 nitrogen and oxygen atoms in total. The van der Waals surface area contributed by atoms with Crippen LogP contribution in [-0.4, -0.2) is 47.2 Å². The van der Waals surface area contributed by atoms with Gasteiger partial charge in [-0.2, -0.15) is 0 Å². The highest BCUT2D eigenvalue weighted by atomic mass is 16.4. The third-order valence-electron chi connectivity index (χ3n) is 4.27. The maximum atomic E-state index is 12.5. The number of benzene rings is 2. The highest BCUT2D eigenvalue weighted by molar-refractivity contribution is 5.89. The van der Waals surface area contributed by atoms with Crippen LogP contribution < -0.4 is 10.6 Å². The summed E-state index contributed by atoms with van der Waals surface area (Å²) in [6.07, 6.45) is 0.756. The third-order valence-corrected chi connectivity index (χ3v) is 4.27. The molecule has 0 heterocycles. The van der Waals surface area contributed by atoms with E-state index >= 15 is 0 Å².